The van der Waals surface area contributed by atoms with Gasteiger partial charge < -0.3 is 14.5 Å². The van der Waals surface area contributed by atoms with Crippen LogP contribution in [-0.4, -0.2) is 68.1 Å². The molecule has 0 spiro atoms. The van der Waals surface area contributed by atoms with Crippen LogP contribution in [0.1, 0.15) is 54.2 Å². The number of nitrogens with one attached hydrogen (secondary N) is 1. The Morgan fingerprint density at radius 3 is 2.39 bits per heavy atom. The lowest BCUT2D eigenvalue weighted by molar-refractivity contribution is 0.0346. The molecule has 1 unspecified atom stereocenters. The van der Waals surface area contributed by atoms with Crippen molar-refractivity contribution in [1.29, 1.82) is 0 Å². The monoisotopic (exact) mass is 577 g/mol. The summed E-state index contributed by atoms with van der Waals surface area (Å²) >= 11 is 1.74. The zero-order valence-corrected chi connectivity index (χ0v) is 24.0. The Kier molecular flexibility index (Phi) is 8.92. The van der Waals surface area contributed by atoms with Gasteiger partial charge in [-0.3, -0.25) is 4.90 Å². The smallest absolute Gasteiger partial charge is 0.181 e. The van der Waals surface area contributed by atoms with Crippen molar-refractivity contribution in [1.82, 2.24) is 14.9 Å². The molecular weight excluding hydrogens is 542 g/mol. The first-order valence-corrected chi connectivity index (χ1v) is 15.8. The molecule has 1 aromatic carbocycles. The van der Waals surface area contributed by atoms with Crippen molar-refractivity contribution in [2.75, 3.05) is 39.5 Å². The van der Waals surface area contributed by atoms with Crippen molar-refractivity contribution < 1.29 is 17.9 Å². The van der Waals surface area contributed by atoms with Crippen LogP contribution in [0.3, 0.4) is 0 Å². The second-order valence-electron chi connectivity index (χ2n) is 10.5. The van der Waals surface area contributed by atoms with Crippen molar-refractivity contribution in [2.45, 2.75) is 54.7 Å². The van der Waals surface area contributed by atoms with Gasteiger partial charge in [-0.05, 0) is 67.9 Å². The number of benzene rings is 1. The molecule has 1 N–H and O–H groups in total. The largest absolute Gasteiger partial charge is 0.381 e. The van der Waals surface area contributed by atoms with E-state index in [4.69, 9.17) is 14.5 Å². The molecule has 6 rings (SSSR count). The van der Waals surface area contributed by atoms with Crippen molar-refractivity contribution in [3.05, 3.63) is 58.7 Å². The molecule has 3 fully saturated rings. The Hall–Kier alpha value is -1.75. The predicted molar refractivity (Wildman–Crippen MR) is 152 cm³/mol. The fourth-order valence-electron chi connectivity index (χ4n) is 5.44. The number of rotatable bonds is 9. The van der Waals surface area contributed by atoms with Crippen LogP contribution in [0.2, 0.25) is 0 Å². The number of halogens is 1. The first-order chi connectivity index (χ1) is 18.1. The normalized spacial score (nSPS) is 20.2. The van der Waals surface area contributed by atoms with Crippen LogP contribution in [0, 0.1) is 5.92 Å². The fraction of sp³-hybridized carbons (Fsp3) is 0.536. The van der Waals surface area contributed by atoms with Crippen LogP contribution < -0.4 is 0 Å². The number of nitrogens with zero attached hydrogens (tertiary/aromatic N) is 2. The van der Waals surface area contributed by atoms with Gasteiger partial charge in [0.1, 0.15) is 5.01 Å². The maximum absolute atomic E-state index is 12.7. The minimum absolute atomic E-state index is 0. The lowest BCUT2D eigenvalue weighted by atomic mass is 9.83. The van der Waals surface area contributed by atoms with E-state index in [9.17, 15) is 8.42 Å². The molecule has 7 nitrogen and oxygen atoms in total. The van der Waals surface area contributed by atoms with Crippen molar-refractivity contribution >= 4 is 33.6 Å². The van der Waals surface area contributed by atoms with E-state index >= 15 is 0 Å². The molecule has 0 radical (unpaired) electrons. The highest BCUT2D eigenvalue weighted by molar-refractivity contribution is 7.92. The molecule has 1 atom stereocenters. The number of thiazole rings is 1. The molecule has 2 saturated heterocycles. The van der Waals surface area contributed by atoms with Gasteiger partial charge in [0.05, 0.1) is 29.1 Å². The van der Waals surface area contributed by atoms with Crippen LogP contribution >= 0.6 is 23.7 Å². The topological polar surface area (TPSA) is 84.5 Å². The van der Waals surface area contributed by atoms with Crippen LogP contribution in [0.25, 0.3) is 10.7 Å². The minimum atomic E-state index is -3.18. The third-order valence-corrected chi connectivity index (χ3v) is 11.1. The summed E-state index contributed by atoms with van der Waals surface area (Å²) in [7, 11) is -3.18. The van der Waals surface area contributed by atoms with Crippen LogP contribution in [0.4, 0.5) is 0 Å². The maximum atomic E-state index is 12.7. The third-order valence-electron chi connectivity index (χ3n) is 7.84. The Labute approximate surface area is 235 Å². The second-order valence-corrected chi connectivity index (χ2v) is 13.8. The summed E-state index contributed by atoms with van der Waals surface area (Å²) in [6.07, 6.45) is 6.71. The average molecular weight is 578 g/mol. The predicted octanol–water partition coefficient (Wildman–Crippen LogP) is 5.28. The van der Waals surface area contributed by atoms with Gasteiger partial charge in [-0.1, -0.05) is 12.1 Å². The number of hydrogen-bond acceptors (Lipinski definition) is 7. The van der Waals surface area contributed by atoms with E-state index in [0.717, 1.165) is 100 Å². The SMILES string of the molecule is Cl.O=S(=O)(c1ccc(C(CC2CCOCC2)c2ccc(-c3ncc(CN4CCOCC4)s3)[nH]2)cc1)C1CC1. The van der Waals surface area contributed by atoms with Gasteiger partial charge in [-0.2, -0.15) is 0 Å². The Balaban J connectivity index is 0.00000294. The molecule has 1 saturated carbocycles. The molecule has 4 heterocycles. The van der Waals surface area contributed by atoms with Gasteiger partial charge in [0.15, 0.2) is 9.84 Å². The van der Waals surface area contributed by atoms with E-state index in [1.807, 2.05) is 30.5 Å². The minimum Gasteiger partial charge on any atom is -0.381 e. The number of hydrogen-bond donors (Lipinski definition) is 1. The molecule has 38 heavy (non-hydrogen) atoms. The van der Waals surface area contributed by atoms with Gasteiger partial charge in [0.25, 0.3) is 0 Å². The number of sulfone groups is 1. The van der Waals surface area contributed by atoms with E-state index in [-0.39, 0.29) is 23.6 Å². The quantitative estimate of drug-likeness (QED) is 0.373. The summed E-state index contributed by atoms with van der Waals surface area (Å²) in [5.41, 5.74) is 3.35. The van der Waals surface area contributed by atoms with E-state index in [0.29, 0.717) is 10.8 Å². The maximum Gasteiger partial charge on any atom is 0.181 e. The molecule has 2 aliphatic heterocycles. The van der Waals surface area contributed by atoms with E-state index in [1.165, 1.54) is 4.88 Å². The number of H-pyrrole nitrogens is 1. The lowest BCUT2D eigenvalue weighted by Crippen LogP contribution is -2.35. The van der Waals surface area contributed by atoms with Crippen LogP contribution in [0.5, 0.6) is 0 Å². The zero-order chi connectivity index (χ0) is 25.2. The molecule has 3 aliphatic rings. The number of morpholine rings is 1. The molecule has 10 heteroatoms. The lowest BCUT2D eigenvalue weighted by Gasteiger charge is -2.27. The van der Waals surface area contributed by atoms with Crippen molar-refractivity contribution in [3.63, 3.8) is 0 Å². The summed E-state index contributed by atoms with van der Waals surface area (Å²) in [6.45, 7) is 6.08. The van der Waals surface area contributed by atoms with Gasteiger partial charge in [0.2, 0.25) is 0 Å². The van der Waals surface area contributed by atoms with E-state index in [1.54, 1.807) is 11.3 Å². The third kappa shape index (κ3) is 6.35. The average Bonchev–Trinajstić information content (AvgIpc) is 3.52. The highest BCUT2D eigenvalue weighted by Gasteiger charge is 2.37. The summed E-state index contributed by atoms with van der Waals surface area (Å²) in [6, 6.07) is 12.0. The zero-order valence-electron chi connectivity index (χ0n) is 21.5. The molecule has 2 aromatic heterocycles. The first kappa shape index (κ1) is 27.8. The van der Waals surface area contributed by atoms with Crippen molar-refractivity contribution in [2.24, 2.45) is 5.92 Å². The molecule has 206 valence electrons. The molecule has 3 aromatic rings. The van der Waals surface area contributed by atoms with Crippen molar-refractivity contribution in [3.8, 4) is 10.7 Å². The molecule has 0 bridgehead atoms. The van der Waals surface area contributed by atoms with E-state index in [2.05, 4.69) is 22.0 Å². The summed E-state index contributed by atoms with van der Waals surface area (Å²) < 4.78 is 36.5. The number of ether oxygens (including phenoxy) is 2. The van der Waals surface area contributed by atoms with Crippen LogP contribution in [-0.2, 0) is 25.9 Å². The van der Waals surface area contributed by atoms with Gasteiger partial charge in [0, 0.05) is 55.5 Å². The van der Waals surface area contributed by atoms with Gasteiger partial charge in [-0.15, -0.1) is 23.7 Å². The Morgan fingerprint density at radius 1 is 0.974 bits per heavy atom. The second kappa shape index (κ2) is 12.2. The first-order valence-electron chi connectivity index (χ1n) is 13.4. The molecular formula is C28H36ClN3O4S2. The van der Waals surface area contributed by atoms with Crippen LogP contribution in [0.15, 0.2) is 47.5 Å². The number of aromatic amines is 1. The van der Waals surface area contributed by atoms with Gasteiger partial charge in [-0.25, -0.2) is 13.4 Å². The summed E-state index contributed by atoms with van der Waals surface area (Å²) in [5.74, 6) is 0.752. The molecule has 0 amide bonds. The fourth-order valence-corrected chi connectivity index (χ4v) is 8.04. The summed E-state index contributed by atoms with van der Waals surface area (Å²) in [5, 5.41) is 0.819. The summed E-state index contributed by atoms with van der Waals surface area (Å²) in [4.78, 5) is 12.5. The Morgan fingerprint density at radius 2 is 1.68 bits per heavy atom. The highest BCUT2D eigenvalue weighted by atomic mass is 35.5. The van der Waals surface area contributed by atoms with E-state index < -0.39 is 9.84 Å². The standard InChI is InChI=1S/C28H35N3O4S2.ClH/c32-37(33,24-5-6-24)23-3-1-21(2-4-23)25(17-20-9-13-34-14-10-20)26-7-8-27(30-26)28-29-18-22(36-28)19-31-11-15-35-16-12-31;/h1-4,7-8,18,20,24-25,30H,5-6,9-17,19H2;1H. The molecule has 1 aliphatic carbocycles. The Bertz CT molecular complexity index is 1290. The highest BCUT2D eigenvalue weighted by Crippen LogP contribution is 2.38. The van der Waals surface area contributed by atoms with Gasteiger partial charge >= 0.3 is 0 Å². The number of aromatic nitrogens is 2.